The lowest BCUT2D eigenvalue weighted by Crippen LogP contribution is -2.25. The molecule has 0 heterocycles. The fourth-order valence-corrected chi connectivity index (χ4v) is 1.86. The normalized spacial score (nSPS) is 12.9. The maximum absolute atomic E-state index is 12.3. The van der Waals surface area contributed by atoms with Gasteiger partial charge in [-0.2, -0.15) is 0 Å². The highest BCUT2D eigenvalue weighted by Gasteiger charge is 2.15. The number of hydrogen-bond donors (Lipinski definition) is 1. The van der Waals surface area contributed by atoms with E-state index in [1.165, 1.54) is 4.90 Å². The third-order valence-corrected chi connectivity index (χ3v) is 2.76. The first-order valence-corrected chi connectivity index (χ1v) is 5.68. The van der Waals surface area contributed by atoms with Crippen molar-refractivity contribution < 1.29 is 13.9 Å². The Balaban J connectivity index is 3.04. The number of aliphatic hydroxyl groups excluding tert-OH is 1. The van der Waals surface area contributed by atoms with Gasteiger partial charge < -0.3 is 10.0 Å². The lowest BCUT2D eigenvalue weighted by Gasteiger charge is -2.23. The highest BCUT2D eigenvalue weighted by molar-refractivity contribution is 9.10. The van der Waals surface area contributed by atoms with E-state index in [2.05, 4.69) is 15.9 Å². The van der Waals surface area contributed by atoms with Gasteiger partial charge in [0.15, 0.2) is 0 Å². The van der Waals surface area contributed by atoms with E-state index in [1.807, 2.05) is 0 Å². The predicted molar refractivity (Wildman–Crippen MR) is 64.0 cm³/mol. The van der Waals surface area contributed by atoms with Crippen LogP contribution in [0.2, 0.25) is 0 Å². The van der Waals surface area contributed by atoms with Crippen LogP contribution in [-0.4, -0.2) is 25.1 Å². The number of alkyl halides is 2. The van der Waals surface area contributed by atoms with E-state index in [4.69, 9.17) is 0 Å². The predicted octanol–water partition coefficient (Wildman–Crippen LogP) is 3.20. The van der Waals surface area contributed by atoms with Gasteiger partial charge in [0.1, 0.15) is 0 Å². The molecule has 0 aliphatic heterocycles. The van der Waals surface area contributed by atoms with Crippen LogP contribution in [-0.2, 0) is 0 Å². The molecular formula is C11H14BrF2NO. The first-order chi connectivity index (χ1) is 7.41. The minimum atomic E-state index is -2.40. The average molecular weight is 294 g/mol. The molecule has 1 rings (SSSR count). The maximum atomic E-state index is 12.3. The van der Waals surface area contributed by atoms with E-state index >= 15 is 0 Å². The first kappa shape index (κ1) is 13.4. The number of halogens is 3. The zero-order valence-electron chi connectivity index (χ0n) is 9.12. The fraction of sp³-hybridized carbons (Fsp3) is 0.455. The molecule has 0 fully saturated rings. The summed E-state index contributed by atoms with van der Waals surface area (Å²) < 4.78 is 25.4. The average Bonchev–Trinajstić information content (AvgIpc) is 2.15. The summed E-state index contributed by atoms with van der Waals surface area (Å²) in [6.07, 6.45) is -3.07. The van der Waals surface area contributed by atoms with Crippen molar-refractivity contribution in [1.29, 1.82) is 0 Å². The first-order valence-electron chi connectivity index (χ1n) is 4.88. The van der Waals surface area contributed by atoms with E-state index in [1.54, 1.807) is 32.2 Å². The molecule has 1 unspecified atom stereocenters. The summed E-state index contributed by atoms with van der Waals surface area (Å²) in [5.74, 6) is 0. The fourth-order valence-electron chi connectivity index (χ4n) is 1.51. The maximum Gasteiger partial charge on any atom is 0.255 e. The second-order valence-electron chi connectivity index (χ2n) is 3.65. The van der Waals surface area contributed by atoms with Gasteiger partial charge in [0.05, 0.1) is 12.6 Å². The largest absolute Gasteiger partial charge is 0.389 e. The molecule has 2 nitrogen and oxygen atoms in total. The Morgan fingerprint density at radius 1 is 1.44 bits per heavy atom. The van der Waals surface area contributed by atoms with Crippen molar-refractivity contribution in [3.8, 4) is 0 Å². The van der Waals surface area contributed by atoms with Crippen molar-refractivity contribution in [2.45, 2.75) is 19.5 Å². The smallest absolute Gasteiger partial charge is 0.255 e. The summed E-state index contributed by atoms with van der Waals surface area (Å²) in [5.41, 5.74) is 1.26. The zero-order valence-corrected chi connectivity index (χ0v) is 10.7. The summed E-state index contributed by atoms with van der Waals surface area (Å²) in [5, 5.41) is 9.55. The Labute approximate surface area is 102 Å². The van der Waals surface area contributed by atoms with Crippen molar-refractivity contribution in [1.82, 2.24) is 0 Å². The van der Waals surface area contributed by atoms with Gasteiger partial charge in [0, 0.05) is 22.8 Å². The molecule has 0 bridgehead atoms. The van der Waals surface area contributed by atoms with Crippen molar-refractivity contribution in [3.63, 3.8) is 0 Å². The molecule has 0 aliphatic rings. The number of benzene rings is 1. The van der Waals surface area contributed by atoms with E-state index in [0.717, 1.165) is 4.47 Å². The second kappa shape index (κ2) is 5.59. The molecule has 0 aromatic heterocycles. The summed E-state index contributed by atoms with van der Waals surface area (Å²) in [6, 6.07) is 5.23. The summed E-state index contributed by atoms with van der Waals surface area (Å²) in [4.78, 5) is 1.44. The Morgan fingerprint density at radius 3 is 2.56 bits per heavy atom. The molecule has 0 saturated heterocycles. The molecule has 0 radical (unpaired) electrons. The SMILES string of the molecule is CC(O)c1ccc(Br)cc1N(C)CC(F)F. The molecule has 1 N–H and O–H groups in total. The summed E-state index contributed by atoms with van der Waals surface area (Å²) in [7, 11) is 1.58. The van der Waals surface area contributed by atoms with E-state index in [0.29, 0.717) is 11.3 Å². The third kappa shape index (κ3) is 3.42. The van der Waals surface area contributed by atoms with Gasteiger partial charge >= 0.3 is 0 Å². The van der Waals surface area contributed by atoms with Gasteiger partial charge in [-0.25, -0.2) is 8.78 Å². The highest BCUT2D eigenvalue weighted by atomic mass is 79.9. The van der Waals surface area contributed by atoms with Crippen molar-refractivity contribution in [2.75, 3.05) is 18.5 Å². The van der Waals surface area contributed by atoms with Gasteiger partial charge in [-0.05, 0) is 19.1 Å². The van der Waals surface area contributed by atoms with Crippen molar-refractivity contribution in [2.24, 2.45) is 0 Å². The molecule has 90 valence electrons. The number of anilines is 1. The van der Waals surface area contributed by atoms with Gasteiger partial charge in [-0.15, -0.1) is 0 Å². The Hall–Kier alpha value is -0.680. The van der Waals surface area contributed by atoms with E-state index < -0.39 is 12.5 Å². The monoisotopic (exact) mass is 293 g/mol. The van der Waals surface area contributed by atoms with Crippen LogP contribution < -0.4 is 4.90 Å². The molecule has 1 aromatic carbocycles. The third-order valence-electron chi connectivity index (χ3n) is 2.27. The van der Waals surface area contributed by atoms with Crippen LogP contribution in [0.25, 0.3) is 0 Å². The quantitative estimate of drug-likeness (QED) is 0.921. The summed E-state index contributed by atoms with van der Waals surface area (Å²) in [6.45, 7) is 1.26. The van der Waals surface area contributed by atoms with Crippen LogP contribution in [0.15, 0.2) is 22.7 Å². The number of rotatable bonds is 4. The van der Waals surface area contributed by atoms with Gasteiger partial charge in [-0.3, -0.25) is 0 Å². The van der Waals surface area contributed by atoms with Crippen molar-refractivity contribution in [3.05, 3.63) is 28.2 Å². The van der Waals surface area contributed by atoms with Gasteiger partial charge in [0.25, 0.3) is 6.43 Å². The van der Waals surface area contributed by atoms with Gasteiger partial charge in [0.2, 0.25) is 0 Å². The second-order valence-corrected chi connectivity index (χ2v) is 4.57. The van der Waals surface area contributed by atoms with Crippen LogP contribution >= 0.6 is 15.9 Å². The van der Waals surface area contributed by atoms with Crippen LogP contribution in [0.1, 0.15) is 18.6 Å². The lowest BCUT2D eigenvalue weighted by atomic mass is 10.1. The molecule has 0 amide bonds. The van der Waals surface area contributed by atoms with E-state index in [9.17, 15) is 13.9 Å². The lowest BCUT2D eigenvalue weighted by molar-refractivity contribution is 0.156. The highest BCUT2D eigenvalue weighted by Crippen LogP contribution is 2.29. The van der Waals surface area contributed by atoms with E-state index in [-0.39, 0.29) is 6.54 Å². The molecule has 0 saturated carbocycles. The number of aliphatic hydroxyl groups is 1. The molecule has 0 aliphatic carbocycles. The topological polar surface area (TPSA) is 23.5 Å². The molecule has 5 heteroatoms. The Morgan fingerprint density at radius 2 is 2.06 bits per heavy atom. The molecule has 1 atom stereocenters. The van der Waals surface area contributed by atoms with Crippen LogP contribution in [0, 0.1) is 0 Å². The Kier molecular flexibility index (Phi) is 4.68. The molecular weight excluding hydrogens is 280 g/mol. The minimum Gasteiger partial charge on any atom is -0.389 e. The number of nitrogens with zero attached hydrogens (tertiary/aromatic N) is 1. The minimum absolute atomic E-state index is 0.351. The molecule has 16 heavy (non-hydrogen) atoms. The standard InChI is InChI=1S/C11H14BrF2NO/c1-7(16)9-4-3-8(12)5-10(9)15(2)6-11(13)14/h3-5,7,11,16H,6H2,1-2H3. The van der Waals surface area contributed by atoms with Crippen molar-refractivity contribution >= 4 is 21.6 Å². The van der Waals surface area contributed by atoms with Crippen LogP contribution in [0.5, 0.6) is 0 Å². The van der Waals surface area contributed by atoms with Crippen LogP contribution in [0.3, 0.4) is 0 Å². The molecule has 1 aromatic rings. The zero-order chi connectivity index (χ0) is 12.3. The molecule has 0 spiro atoms. The Bertz CT molecular complexity index is 358. The summed E-state index contributed by atoms with van der Waals surface area (Å²) >= 11 is 3.28. The van der Waals surface area contributed by atoms with Gasteiger partial charge in [-0.1, -0.05) is 22.0 Å². The number of hydrogen-bond acceptors (Lipinski definition) is 2. The van der Waals surface area contributed by atoms with Crippen LogP contribution in [0.4, 0.5) is 14.5 Å².